The lowest BCUT2D eigenvalue weighted by Crippen LogP contribution is -2.61. The lowest BCUT2D eigenvalue weighted by atomic mass is 9.93. The third kappa shape index (κ3) is 2.62. The van der Waals surface area contributed by atoms with Crippen molar-refractivity contribution in [3.8, 4) is 11.1 Å². The van der Waals surface area contributed by atoms with Gasteiger partial charge in [-0.05, 0) is 28.8 Å². The van der Waals surface area contributed by atoms with Gasteiger partial charge in [0.15, 0.2) is 9.84 Å². The number of hydrogen-bond donors (Lipinski definition) is 0. The molecule has 0 N–H and O–H groups in total. The summed E-state index contributed by atoms with van der Waals surface area (Å²) in [7, 11) is -3.12. The molecule has 2 fully saturated rings. The van der Waals surface area contributed by atoms with Crippen LogP contribution in [0.2, 0.25) is 0 Å². The van der Waals surface area contributed by atoms with Crippen molar-refractivity contribution >= 4 is 15.7 Å². The standard InChI is InChI=1S/C22H24N2O3S/c1-2-23-11-12-24(20-14-28(26,27)13-19(20)23)22(25)21-17-9-5-3-7-15(17)16-8-4-6-10-18(16)21/h3-10,19-21H,2,11-14H2,1H3/t19-,20+/m0/s1. The zero-order chi connectivity index (χ0) is 19.5. The van der Waals surface area contributed by atoms with Crippen molar-refractivity contribution < 1.29 is 13.2 Å². The molecule has 1 amide bonds. The highest BCUT2D eigenvalue weighted by Crippen LogP contribution is 2.46. The van der Waals surface area contributed by atoms with E-state index < -0.39 is 9.84 Å². The van der Waals surface area contributed by atoms with Crippen LogP contribution in [0.1, 0.15) is 24.0 Å². The topological polar surface area (TPSA) is 57.7 Å². The Morgan fingerprint density at radius 3 is 2.11 bits per heavy atom. The van der Waals surface area contributed by atoms with Gasteiger partial charge in [-0.1, -0.05) is 55.5 Å². The first-order chi connectivity index (χ1) is 13.5. The first-order valence-electron chi connectivity index (χ1n) is 9.93. The number of carbonyl (C=O) groups excluding carboxylic acids is 1. The summed E-state index contributed by atoms with van der Waals surface area (Å²) >= 11 is 0. The highest BCUT2D eigenvalue weighted by molar-refractivity contribution is 7.91. The summed E-state index contributed by atoms with van der Waals surface area (Å²) in [5.41, 5.74) is 4.28. The number of amides is 1. The molecule has 2 aromatic rings. The molecule has 2 heterocycles. The molecule has 5 nitrogen and oxygen atoms in total. The molecule has 0 aromatic heterocycles. The first kappa shape index (κ1) is 17.9. The molecular formula is C22H24N2O3S. The van der Waals surface area contributed by atoms with Gasteiger partial charge in [-0.3, -0.25) is 9.69 Å². The van der Waals surface area contributed by atoms with Crippen LogP contribution in [0.15, 0.2) is 48.5 Å². The van der Waals surface area contributed by atoms with Gasteiger partial charge in [0.2, 0.25) is 5.91 Å². The molecule has 0 unspecified atom stereocenters. The second-order valence-electron chi connectivity index (χ2n) is 7.98. The quantitative estimate of drug-likeness (QED) is 0.780. The van der Waals surface area contributed by atoms with E-state index in [9.17, 15) is 13.2 Å². The van der Waals surface area contributed by atoms with Gasteiger partial charge in [-0.25, -0.2) is 8.42 Å². The second-order valence-corrected chi connectivity index (χ2v) is 10.1. The minimum absolute atomic E-state index is 0.0419. The monoisotopic (exact) mass is 396 g/mol. The third-order valence-electron chi connectivity index (χ3n) is 6.56. The smallest absolute Gasteiger partial charge is 0.235 e. The molecule has 3 aliphatic rings. The molecule has 0 bridgehead atoms. The Morgan fingerprint density at radius 1 is 0.929 bits per heavy atom. The summed E-state index contributed by atoms with van der Waals surface area (Å²) in [6.45, 7) is 4.19. The van der Waals surface area contributed by atoms with Crippen molar-refractivity contribution in [3.63, 3.8) is 0 Å². The number of likely N-dealkylation sites (N-methyl/N-ethyl adjacent to an activating group) is 1. The average Bonchev–Trinajstić information content (AvgIpc) is 3.20. The van der Waals surface area contributed by atoms with E-state index in [0.717, 1.165) is 35.3 Å². The van der Waals surface area contributed by atoms with Gasteiger partial charge in [-0.15, -0.1) is 0 Å². The molecule has 2 atom stereocenters. The van der Waals surface area contributed by atoms with Gasteiger partial charge in [-0.2, -0.15) is 0 Å². The fourth-order valence-electron chi connectivity index (χ4n) is 5.28. The highest BCUT2D eigenvalue weighted by atomic mass is 32.2. The van der Waals surface area contributed by atoms with E-state index in [2.05, 4.69) is 24.0 Å². The van der Waals surface area contributed by atoms with Crippen molar-refractivity contribution in [2.24, 2.45) is 0 Å². The third-order valence-corrected chi connectivity index (χ3v) is 8.26. The van der Waals surface area contributed by atoms with E-state index in [0.29, 0.717) is 6.54 Å². The summed E-state index contributed by atoms with van der Waals surface area (Å²) in [5.74, 6) is -0.0620. The largest absolute Gasteiger partial charge is 0.335 e. The van der Waals surface area contributed by atoms with Crippen molar-refractivity contribution in [1.29, 1.82) is 0 Å². The molecular weight excluding hydrogens is 372 g/mol. The Morgan fingerprint density at radius 2 is 1.50 bits per heavy atom. The van der Waals surface area contributed by atoms with Gasteiger partial charge in [0, 0.05) is 19.1 Å². The number of fused-ring (bicyclic) bond motifs is 4. The second kappa shape index (κ2) is 6.42. The number of nitrogens with zero attached hydrogens (tertiary/aromatic N) is 2. The maximum atomic E-state index is 13.8. The van der Waals surface area contributed by atoms with Gasteiger partial charge >= 0.3 is 0 Å². The fourth-order valence-corrected chi connectivity index (χ4v) is 7.29. The van der Waals surface area contributed by atoms with Gasteiger partial charge in [0.1, 0.15) is 0 Å². The highest BCUT2D eigenvalue weighted by Gasteiger charge is 2.49. The van der Waals surface area contributed by atoms with Crippen LogP contribution in [0.4, 0.5) is 0 Å². The lowest BCUT2D eigenvalue weighted by molar-refractivity contribution is -0.137. The maximum absolute atomic E-state index is 13.8. The zero-order valence-corrected chi connectivity index (χ0v) is 16.7. The SMILES string of the molecule is CCN1CCN(C(=O)C2c3ccccc3-c3ccccc32)[C@@H]2CS(=O)(=O)C[C@@H]21. The van der Waals surface area contributed by atoms with Gasteiger partial charge in [0.05, 0.1) is 23.5 Å². The van der Waals surface area contributed by atoms with Crippen LogP contribution >= 0.6 is 0 Å². The molecule has 0 saturated carbocycles. The molecule has 28 heavy (non-hydrogen) atoms. The lowest BCUT2D eigenvalue weighted by Gasteiger charge is -2.44. The predicted octanol–water partition coefficient (Wildman–Crippen LogP) is 2.13. The van der Waals surface area contributed by atoms with Crippen LogP contribution < -0.4 is 0 Å². The summed E-state index contributed by atoms with van der Waals surface area (Å²) in [6.07, 6.45) is 0. The number of sulfone groups is 1. The van der Waals surface area contributed by atoms with Crippen LogP contribution in [-0.4, -0.2) is 67.3 Å². The molecule has 2 aromatic carbocycles. The Labute approximate surface area is 165 Å². The number of carbonyl (C=O) groups is 1. The van der Waals surface area contributed by atoms with E-state index in [-0.39, 0.29) is 35.4 Å². The summed E-state index contributed by atoms with van der Waals surface area (Å²) in [6, 6.07) is 15.8. The number of hydrogen-bond acceptors (Lipinski definition) is 4. The van der Waals surface area contributed by atoms with Crippen molar-refractivity contribution in [2.75, 3.05) is 31.1 Å². The molecule has 0 spiro atoms. The minimum Gasteiger partial charge on any atom is -0.335 e. The van der Waals surface area contributed by atoms with E-state index in [1.54, 1.807) is 0 Å². The van der Waals surface area contributed by atoms with E-state index >= 15 is 0 Å². The molecule has 1 aliphatic carbocycles. The number of benzene rings is 2. The van der Waals surface area contributed by atoms with E-state index in [1.165, 1.54) is 0 Å². The molecule has 5 rings (SSSR count). The minimum atomic E-state index is -3.12. The van der Waals surface area contributed by atoms with Crippen LogP contribution in [0.3, 0.4) is 0 Å². The maximum Gasteiger partial charge on any atom is 0.235 e. The first-order valence-corrected chi connectivity index (χ1v) is 11.8. The predicted molar refractivity (Wildman–Crippen MR) is 109 cm³/mol. The summed E-state index contributed by atoms with van der Waals surface area (Å²) < 4.78 is 24.8. The number of rotatable bonds is 2. The van der Waals surface area contributed by atoms with Crippen LogP contribution in [0, 0.1) is 0 Å². The Balaban J connectivity index is 1.55. The molecule has 0 radical (unpaired) electrons. The van der Waals surface area contributed by atoms with Crippen molar-refractivity contribution in [1.82, 2.24) is 9.80 Å². The van der Waals surface area contributed by atoms with Gasteiger partial charge < -0.3 is 4.90 Å². The Kier molecular flexibility index (Phi) is 4.10. The average molecular weight is 397 g/mol. The molecule has 6 heteroatoms. The fraction of sp³-hybridized carbons (Fsp3) is 0.409. The van der Waals surface area contributed by atoms with Gasteiger partial charge in [0.25, 0.3) is 0 Å². The Hall–Kier alpha value is -2.18. The van der Waals surface area contributed by atoms with Crippen LogP contribution in [0.5, 0.6) is 0 Å². The van der Waals surface area contributed by atoms with Crippen LogP contribution in [0.25, 0.3) is 11.1 Å². The number of piperazine rings is 1. The van der Waals surface area contributed by atoms with E-state index in [1.807, 2.05) is 41.3 Å². The van der Waals surface area contributed by atoms with Crippen molar-refractivity contribution in [2.45, 2.75) is 24.9 Å². The molecule has 2 aliphatic heterocycles. The van der Waals surface area contributed by atoms with Crippen molar-refractivity contribution in [3.05, 3.63) is 59.7 Å². The molecule has 2 saturated heterocycles. The van der Waals surface area contributed by atoms with Crippen LogP contribution in [-0.2, 0) is 14.6 Å². The normalized spacial score (nSPS) is 26.0. The summed E-state index contributed by atoms with van der Waals surface area (Å²) in [5, 5.41) is 0. The zero-order valence-electron chi connectivity index (χ0n) is 15.9. The summed E-state index contributed by atoms with van der Waals surface area (Å²) in [4.78, 5) is 17.9. The Bertz CT molecular complexity index is 1000. The van der Waals surface area contributed by atoms with E-state index in [4.69, 9.17) is 0 Å². The molecule has 146 valence electrons.